The lowest BCUT2D eigenvalue weighted by Crippen LogP contribution is -2.52. The van der Waals surface area contributed by atoms with E-state index in [4.69, 9.17) is 0 Å². The van der Waals surface area contributed by atoms with Crippen LogP contribution in [0.2, 0.25) is 0 Å². The lowest BCUT2D eigenvalue weighted by Gasteiger charge is -2.49. The third-order valence-electron chi connectivity index (χ3n) is 12.5. The summed E-state index contributed by atoms with van der Waals surface area (Å²) in [5.41, 5.74) is 14.0. The van der Waals surface area contributed by atoms with Gasteiger partial charge in [0, 0.05) is 49.2 Å². The molecule has 1 aliphatic heterocycles. The molecule has 7 aromatic rings. The summed E-state index contributed by atoms with van der Waals surface area (Å²) in [4.78, 5) is 5.21. The van der Waals surface area contributed by atoms with E-state index in [0.717, 1.165) is 5.69 Å². The molecule has 0 bridgehead atoms. The summed E-state index contributed by atoms with van der Waals surface area (Å²) in [6.45, 7) is 12.0. The van der Waals surface area contributed by atoms with Crippen molar-refractivity contribution < 1.29 is 0 Å². The van der Waals surface area contributed by atoms with Gasteiger partial charge in [0.2, 0.25) is 0 Å². The van der Waals surface area contributed by atoms with Gasteiger partial charge in [0.25, 0.3) is 0 Å². The van der Waals surface area contributed by atoms with Gasteiger partial charge in [-0.3, -0.25) is 0 Å². The largest absolute Gasteiger partial charge is 0.335 e. The van der Waals surface area contributed by atoms with Crippen LogP contribution >= 0.6 is 11.3 Å². The quantitative estimate of drug-likeness (QED) is 0.169. The number of anilines is 5. The number of rotatable bonds is 6. The average Bonchev–Trinajstić information content (AvgIpc) is 3.69. The Hall–Kier alpha value is -5.12. The Morgan fingerprint density at radius 2 is 1.24 bits per heavy atom. The second-order valence-corrected chi connectivity index (χ2v) is 17.9. The molecule has 1 aliphatic carbocycles. The van der Waals surface area contributed by atoms with E-state index in [2.05, 4.69) is 195 Å². The van der Waals surface area contributed by atoms with Gasteiger partial charge in [-0.25, -0.2) is 0 Å². The maximum Gasteiger partial charge on any atom is 0.0647 e. The van der Waals surface area contributed by atoms with Crippen LogP contribution < -0.4 is 9.80 Å². The number of hydrogen-bond acceptors (Lipinski definition) is 3. The van der Waals surface area contributed by atoms with Gasteiger partial charge < -0.3 is 9.80 Å². The number of hydrogen-bond donors (Lipinski definition) is 0. The molecule has 0 atom stereocenters. The summed E-state index contributed by atoms with van der Waals surface area (Å²) in [7, 11) is 0. The molecular formula is C51H50N2S. The lowest BCUT2D eigenvalue weighted by atomic mass is 9.61. The molecule has 1 saturated carbocycles. The molecule has 9 rings (SSSR count). The van der Waals surface area contributed by atoms with Crippen LogP contribution in [0.25, 0.3) is 32.3 Å². The van der Waals surface area contributed by atoms with Gasteiger partial charge in [0.1, 0.15) is 0 Å². The molecule has 0 unspecified atom stereocenters. The minimum absolute atomic E-state index is 0.0511. The number of nitrogens with zero attached hydrogens (tertiary/aromatic N) is 2. The fraction of sp³-hybridized carbons (Fsp3) is 0.255. The van der Waals surface area contributed by atoms with E-state index in [1.807, 2.05) is 11.3 Å². The minimum Gasteiger partial charge on any atom is -0.335 e. The minimum atomic E-state index is -0.147. The first-order valence-corrected chi connectivity index (χ1v) is 20.6. The van der Waals surface area contributed by atoms with E-state index in [-0.39, 0.29) is 16.4 Å². The van der Waals surface area contributed by atoms with Crippen molar-refractivity contribution in [2.24, 2.45) is 0 Å². The van der Waals surface area contributed by atoms with Gasteiger partial charge in [0.05, 0.1) is 5.69 Å². The first-order chi connectivity index (χ1) is 26.1. The van der Waals surface area contributed by atoms with E-state index in [1.54, 1.807) is 0 Å². The third kappa shape index (κ3) is 5.76. The Bertz CT molecular complexity index is 2430. The molecule has 270 valence electrons. The normalized spacial score (nSPS) is 16.1. The summed E-state index contributed by atoms with van der Waals surface area (Å²) in [5, 5.41) is 3.65. The van der Waals surface area contributed by atoms with Crippen molar-refractivity contribution in [2.45, 2.75) is 83.1 Å². The SMILES string of the molecule is CC(C)(C)c1ccc2scc(N(c3ccccc3)c3cc(-c4ccccc4)cc(N4c5ccc(-c6ccccc6)cc5C5(CCCCC5)C4(C)C)c3)c2c1. The van der Waals surface area contributed by atoms with Gasteiger partial charge in [-0.05, 0) is 120 Å². The van der Waals surface area contributed by atoms with E-state index in [0.29, 0.717) is 0 Å². The van der Waals surface area contributed by atoms with Crippen LogP contribution in [0.3, 0.4) is 0 Å². The molecular weight excluding hydrogens is 673 g/mol. The zero-order valence-corrected chi connectivity index (χ0v) is 33.1. The highest BCUT2D eigenvalue weighted by Gasteiger charge is 2.57. The number of thiophene rings is 1. The maximum atomic E-state index is 2.71. The number of para-hydroxylation sites is 1. The van der Waals surface area contributed by atoms with Gasteiger partial charge in [-0.2, -0.15) is 0 Å². The van der Waals surface area contributed by atoms with E-state index in [1.165, 1.54) is 98.3 Å². The highest BCUT2D eigenvalue weighted by Crippen LogP contribution is 2.61. The van der Waals surface area contributed by atoms with Gasteiger partial charge in [-0.15, -0.1) is 11.3 Å². The highest BCUT2D eigenvalue weighted by atomic mass is 32.1. The molecule has 2 heterocycles. The third-order valence-corrected chi connectivity index (χ3v) is 13.4. The van der Waals surface area contributed by atoms with Gasteiger partial charge in [-0.1, -0.05) is 131 Å². The topological polar surface area (TPSA) is 6.48 Å². The van der Waals surface area contributed by atoms with Crippen LogP contribution in [-0.2, 0) is 10.8 Å². The Morgan fingerprint density at radius 3 is 1.91 bits per heavy atom. The van der Waals surface area contributed by atoms with Crippen molar-refractivity contribution in [3.63, 3.8) is 0 Å². The summed E-state index contributed by atoms with van der Waals surface area (Å²) >= 11 is 1.83. The van der Waals surface area contributed by atoms with Crippen LogP contribution in [0.15, 0.2) is 151 Å². The molecule has 54 heavy (non-hydrogen) atoms. The first kappa shape index (κ1) is 34.6. The predicted octanol–water partition coefficient (Wildman–Crippen LogP) is 15.1. The molecule has 3 heteroatoms. The zero-order valence-electron chi connectivity index (χ0n) is 32.3. The Morgan fingerprint density at radius 1 is 0.593 bits per heavy atom. The molecule has 1 fully saturated rings. The fourth-order valence-electron chi connectivity index (χ4n) is 9.58. The summed E-state index contributed by atoms with van der Waals surface area (Å²) in [6.07, 6.45) is 6.27. The molecule has 0 radical (unpaired) electrons. The maximum absolute atomic E-state index is 2.71. The monoisotopic (exact) mass is 722 g/mol. The van der Waals surface area contributed by atoms with Gasteiger partial charge in [0.15, 0.2) is 0 Å². The summed E-state index contributed by atoms with van der Waals surface area (Å²) in [6, 6.07) is 54.5. The standard InChI is InChI=1S/C51H50N2S/c1-49(2,3)40-25-27-48-44(33-40)47(35-54-48)52(41-22-14-8-15-23-41)42-30-39(37-20-12-7-13-21-37)31-43(34-42)53-46-26-24-38(36-18-10-6-11-19-36)32-45(46)51(50(53,4)5)28-16-9-17-29-51/h6-8,10-15,18-27,30-35H,9,16-17,28-29H2,1-5H3. The predicted molar refractivity (Wildman–Crippen MR) is 234 cm³/mol. The fourth-order valence-corrected chi connectivity index (χ4v) is 10.5. The van der Waals surface area contributed by atoms with Crippen LogP contribution in [0.1, 0.15) is 77.8 Å². The first-order valence-electron chi connectivity index (χ1n) is 19.7. The highest BCUT2D eigenvalue weighted by molar-refractivity contribution is 7.17. The van der Waals surface area contributed by atoms with Crippen molar-refractivity contribution >= 4 is 49.9 Å². The van der Waals surface area contributed by atoms with E-state index in [9.17, 15) is 0 Å². The van der Waals surface area contributed by atoms with E-state index >= 15 is 0 Å². The molecule has 1 aromatic heterocycles. The van der Waals surface area contributed by atoms with Crippen molar-refractivity contribution in [1.29, 1.82) is 0 Å². The van der Waals surface area contributed by atoms with Crippen LogP contribution in [0.5, 0.6) is 0 Å². The van der Waals surface area contributed by atoms with Crippen molar-refractivity contribution in [3.05, 3.63) is 162 Å². The Balaban J connectivity index is 1.29. The van der Waals surface area contributed by atoms with Gasteiger partial charge >= 0.3 is 0 Å². The number of benzene rings is 6. The Labute approximate surface area is 325 Å². The van der Waals surface area contributed by atoms with Crippen molar-refractivity contribution in [2.75, 3.05) is 9.80 Å². The molecule has 2 nitrogen and oxygen atoms in total. The van der Waals surface area contributed by atoms with Crippen molar-refractivity contribution in [1.82, 2.24) is 0 Å². The van der Waals surface area contributed by atoms with Crippen LogP contribution in [0, 0.1) is 0 Å². The summed E-state index contributed by atoms with van der Waals surface area (Å²) < 4.78 is 1.31. The average molecular weight is 723 g/mol. The molecule has 0 N–H and O–H groups in total. The van der Waals surface area contributed by atoms with Crippen molar-refractivity contribution in [3.8, 4) is 22.3 Å². The molecule has 6 aromatic carbocycles. The van der Waals surface area contributed by atoms with Crippen LogP contribution in [0.4, 0.5) is 28.4 Å². The molecule has 2 aliphatic rings. The Kier molecular flexibility index (Phi) is 8.54. The van der Waals surface area contributed by atoms with Crippen LogP contribution in [-0.4, -0.2) is 5.54 Å². The molecule has 0 amide bonds. The second-order valence-electron chi connectivity index (χ2n) is 17.0. The molecule has 1 spiro atoms. The number of fused-ring (bicyclic) bond motifs is 3. The molecule has 0 saturated heterocycles. The second kappa shape index (κ2) is 13.3. The smallest absolute Gasteiger partial charge is 0.0647 e. The zero-order chi connectivity index (χ0) is 37.1. The lowest BCUT2D eigenvalue weighted by molar-refractivity contribution is 0.199. The summed E-state index contributed by atoms with van der Waals surface area (Å²) in [5.74, 6) is 0. The van der Waals surface area contributed by atoms with E-state index < -0.39 is 0 Å².